The fourth-order valence-corrected chi connectivity index (χ4v) is 4.11. The van der Waals surface area contributed by atoms with E-state index in [4.69, 9.17) is 0 Å². The largest absolute Gasteiger partial charge is 0.390 e. The van der Waals surface area contributed by atoms with Crippen molar-refractivity contribution in [3.63, 3.8) is 0 Å². The highest BCUT2D eigenvalue weighted by Gasteiger charge is 2.35. The van der Waals surface area contributed by atoms with Gasteiger partial charge in [0.1, 0.15) is 5.82 Å². The monoisotopic (exact) mass is 337 g/mol. The second-order valence-corrected chi connectivity index (χ2v) is 7.38. The summed E-state index contributed by atoms with van der Waals surface area (Å²) in [6.07, 6.45) is -0.901. The lowest BCUT2D eigenvalue weighted by Crippen LogP contribution is -2.38. The Morgan fingerprint density at radius 2 is 2.17 bits per heavy atom. The third-order valence-electron chi connectivity index (χ3n) is 2.89. The molecule has 1 aliphatic rings. The van der Waals surface area contributed by atoms with Crippen molar-refractivity contribution in [2.75, 3.05) is 11.5 Å². The van der Waals surface area contributed by atoms with Crippen molar-refractivity contribution in [2.24, 2.45) is 0 Å². The Morgan fingerprint density at radius 1 is 1.44 bits per heavy atom. The van der Waals surface area contributed by atoms with Gasteiger partial charge >= 0.3 is 0 Å². The average Bonchev–Trinajstić information content (AvgIpc) is 2.53. The normalized spacial score (nSPS) is 26.4. The van der Waals surface area contributed by atoms with Gasteiger partial charge in [0.2, 0.25) is 0 Å². The van der Waals surface area contributed by atoms with Gasteiger partial charge in [-0.25, -0.2) is 12.8 Å². The van der Waals surface area contributed by atoms with Crippen LogP contribution in [0.15, 0.2) is 22.7 Å². The summed E-state index contributed by atoms with van der Waals surface area (Å²) < 4.78 is 36.4. The summed E-state index contributed by atoms with van der Waals surface area (Å²) in [5.41, 5.74) is 0.687. The molecule has 1 heterocycles. The van der Waals surface area contributed by atoms with E-state index in [2.05, 4.69) is 21.2 Å². The van der Waals surface area contributed by atoms with Crippen LogP contribution in [0.3, 0.4) is 0 Å². The first-order valence-electron chi connectivity index (χ1n) is 5.43. The number of sulfone groups is 1. The minimum absolute atomic E-state index is 0.0822. The van der Waals surface area contributed by atoms with E-state index in [1.165, 1.54) is 12.1 Å². The molecule has 1 saturated heterocycles. The fraction of sp³-hybridized carbons (Fsp3) is 0.455. The summed E-state index contributed by atoms with van der Waals surface area (Å²) in [5, 5.41) is 12.5. The van der Waals surface area contributed by atoms with Crippen molar-refractivity contribution < 1.29 is 17.9 Å². The van der Waals surface area contributed by atoms with Crippen molar-refractivity contribution in [2.45, 2.75) is 18.7 Å². The third kappa shape index (κ3) is 3.28. The third-order valence-corrected chi connectivity index (χ3v) is 5.38. The minimum atomic E-state index is -3.17. The summed E-state index contributed by atoms with van der Waals surface area (Å²) in [6.45, 7) is 0.301. The highest BCUT2D eigenvalue weighted by atomic mass is 79.9. The summed E-state index contributed by atoms with van der Waals surface area (Å²) in [4.78, 5) is 0. The zero-order valence-electron chi connectivity index (χ0n) is 9.44. The highest BCUT2D eigenvalue weighted by Crippen LogP contribution is 2.19. The molecule has 18 heavy (non-hydrogen) atoms. The maximum Gasteiger partial charge on any atom is 0.154 e. The molecule has 1 aromatic rings. The lowest BCUT2D eigenvalue weighted by molar-refractivity contribution is 0.165. The van der Waals surface area contributed by atoms with Crippen LogP contribution in [0, 0.1) is 5.82 Å². The van der Waals surface area contributed by atoms with E-state index in [0.717, 1.165) is 4.47 Å². The van der Waals surface area contributed by atoms with Crippen LogP contribution in [0.25, 0.3) is 0 Å². The molecule has 2 atom stereocenters. The first kappa shape index (κ1) is 13.9. The van der Waals surface area contributed by atoms with Gasteiger partial charge in [0.05, 0.1) is 17.6 Å². The molecule has 7 heteroatoms. The standard InChI is InChI=1S/C11H13BrFNO3S/c12-9-2-1-8(13)3-7(9)4-14-10-5-18(16,17)6-11(10)15/h1-3,10-11,14-15H,4-6H2. The molecular weight excluding hydrogens is 325 g/mol. The van der Waals surface area contributed by atoms with Crippen LogP contribution in [0.5, 0.6) is 0 Å². The predicted molar refractivity (Wildman–Crippen MR) is 69.4 cm³/mol. The molecule has 0 radical (unpaired) electrons. The van der Waals surface area contributed by atoms with Crippen LogP contribution < -0.4 is 5.32 Å². The van der Waals surface area contributed by atoms with E-state index in [-0.39, 0.29) is 17.3 Å². The molecule has 0 saturated carbocycles. The predicted octanol–water partition coefficient (Wildman–Crippen LogP) is 0.836. The number of hydrogen-bond acceptors (Lipinski definition) is 4. The van der Waals surface area contributed by atoms with Gasteiger partial charge in [-0.3, -0.25) is 0 Å². The zero-order valence-corrected chi connectivity index (χ0v) is 11.8. The van der Waals surface area contributed by atoms with Crippen molar-refractivity contribution in [1.29, 1.82) is 0 Å². The fourth-order valence-electron chi connectivity index (χ4n) is 1.94. The van der Waals surface area contributed by atoms with Gasteiger partial charge in [0, 0.05) is 17.1 Å². The lowest BCUT2D eigenvalue weighted by atomic mass is 10.1. The van der Waals surface area contributed by atoms with Crippen LogP contribution >= 0.6 is 15.9 Å². The number of halogens is 2. The molecule has 0 spiro atoms. The van der Waals surface area contributed by atoms with E-state index in [1.807, 2.05) is 0 Å². The number of benzene rings is 1. The molecule has 2 unspecified atom stereocenters. The van der Waals surface area contributed by atoms with Crippen LogP contribution in [-0.2, 0) is 16.4 Å². The van der Waals surface area contributed by atoms with E-state index < -0.39 is 22.0 Å². The molecule has 2 rings (SSSR count). The van der Waals surface area contributed by atoms with Gasteiger partial charge in [-0.1, -0.05) is 15.9 Å². The van der Waals surface area contributed by atoms with Gasteiger partial charge in [-0.05, 0) is 23.8 Å². The highest BCUT2D eigenvalue weighted by molar-refractivity contribution is 9.10. The Labute approximate surface area is 113 Å². The molecule has 0 aromatic heterocycles. The smallest absolute Gasteiger partial charge is 0.154 e. The molecule has 0 aliphatic carbocycles. The maximum atomic E-state index is 13.1. The quantitative estimate of drug-likeness (QED) is 0.857. The molecule has 100 valence electrons. The second-order valence-electron chi connectivity index (χ2n) is 4.37. The van der Waals surface area contributed by atoms with E-state index in [1.54, 1.807) is 6.07 Å². The number of rotatable bonds is 3. The number of aliphatic hydroxyl groups is 1. The second kappa shape index (κ2) is 5.24. The van der Waals surface area contributed by atoms with Gasteiger partial charge in [-0.2, -0.15) is 0 Å². The number of hydrogen-bond donors (Lipinski definition) is 2. The molecule has 2 N–H and O–H groups in total. The van der Waals surface area contributed by atoms with Crippen molar-refractivity contribution in [3.8, 4) is 0 Å². The van der Waals surface area contributed by atoms with Crippen LogP contribution in [0.1, 0.15) is 5.56 Å². The molecule has 4 nitrogen and oxygen atoms in total. The molecule has 0 amide bonds. The first-order chi connectivity index (χ1) is 8.37. The summed E-state index contributed by atoms with van der Waals surface area (Å²) in [7, 11) is -3.17. The Hall–Kier alpha value is -0.500. The number of nitrogens with one attached hydrogen (secondary N) is 1. The van der Waals surface area contributed by atoms with Gasteiger partial charge in [0.25, 0.3) is 0 Å². The van der Waals surface area contributed by atoms with Crippen LogP contribution in [0.2, 0.25) is 0 Å². The summed E-state index contributed by atoms with van der Waals surface area (Å²) in [5.74, 6) is -0.648. The Kier molecular flexibility index (Phi) is 4.05. The van der Waals surface area contributed by atoms with Gasteiger partial charge < -0.3 is 10.4 Å². The SMILES string of the molecule is O=S1(=O)CC(O)C(NCc2cc(F)ccc2Br)C1. The number of aliphatic hydroxyl groups excluding tert-OH is 1. The van der Waals surface area contributed by atoms with E-state index >= 15 is 0 Å². The minimum Gasteiger partial charge on any atom is -0.390 e. The Bertz CT molecular complexity index is 549. The Balaban J connectivity index is 2.02. The van der Waals surface area contributed by atoms with Crippen molar-refractivity contribution >= 4 is 25.8 Å². The molecule has 1 fully saturated rings. The Morgan fingerprint density at radius 3 is 2.78 bits per heavy atom. The van der Waals surface area contributed by atoms with Crippen LogP contribution in [-0.4, -0.2) is 37.2 Å². The van der Waals surface area contributed by atoms with Crippen LogP contribution in [0.4, 0.5) is 4.39 Å². The van der Waals surface area contributed by atoms with Crippen molar-refractivity contribution in [3.05, 3.63) is 34.1 Å². The summed E-state index contributed by atoms with van der Waals surface area (Å²) >= 11 is 3.29. The van der Waals surface area contributed by atoms with E-state index in [0.29, 0.717) is 12.1 Å². The maximum absolute atomic E-state index is 13.1. The topological polar surface area (TPSA) is 66.4 Å². The first-order valence-corrected chi connectivity index (χ1v) is 8.04. The average molecular weight is 338 g/mol. The van der Waals surface area contributed by atoms with Gasteiger partial charge in [-0.15, -0.1) is 0 Å². The molecule has 1 aromatic carbocycles. The molecular formula is C11H13BrFNO3S. The zero-order chi connectivity index (χ0) is 13.3. The lowest BCUT2D eigenvalue weighted by Gasteiger charge is -2.15. The summed E-state index contributed by atoms with van der Waals surface area (Å²) in [6, 6.07) is 3.80. The molecule has 1 aliphatic heterocycles. The van der Waals surface area contributed by atoms with E-state index in [9.17, 15) is 17.9 Å². The van der Waals surface area contributed by atoms with Gasteiger partial charge in [0.15, 0.2) is 9.84 Å². The molecule has 0 bridgehead atoms. The van der Waals surface area contributed by atoms with Crippen molar-refractivity contribution in [1.82, 2.24) is 5.32 Å².